The van der Waals surface area contributed by atoms with E-state index in [2.05, 4.69) is 30.6 Å². The zero-order chi connectivity index (χ0) is 18.8. The predicted molar refractivity (Wildman–Crippen MR) is 104 cm³/mol. The van der Waals surface area contributed by atoms with Crippen molar-refractivity contribution >= 4 is 5.97 Å². The second-order valence-electron chi connectivity index (χ2n) is 6.87. The number of benzene rings is 1. The molecule has 0 heterocycles. The third-order valence-corrected chi connectivity index (χ3v) is 5.14. The number of esters is 1. The summed E-state index contributed by atoms with van der Waals surface area (Å²) in [6, 6.07) is 5.33. The standard InChI is InChI=1S/C22H31NO3/c1-3-23(4-2)14-8-9-15-26-22(25)16-19-12-13-20(24)17-21(19)18-10-6-5-7-11-18/h12-13,17-18,24H,3-7,10-11,14-16H2,1-2H3. The topological polar surface area (TPSA) is 49.8 Å². The molecule has 4 heteroatoms. The number of carbonyl (C=O) groups is 1. The Morgan fingerprint density at radius 3 is 2.62 bits per heavy atom. The van der Waals surface area contributed by atoms with Gasteiger partial charge >= 0.3 is 5.97 Å². The first-order valence-electron chi connectivity index (χ1n) is 9.79. The highest BCUT2D eigenvalue weighted by Crippen LogP contribution is 2.36. The molecular weight excluding hydrogens is 326 g/mol. The fraction of sp³-hybridized carbons (Fsp3) is 0.591. The molecular formula is C22H31NO3. The quantitative estimate of drug-likeness (QED) is 0.594. The van der Waals surface area contributed by atoms with Crippen molar-refractivity contribution in [1.82, 2.24) is 4.90 Å². The number of carbonyl (C=O) groups excluding carboxylic acids is 1. The molecule has 4 nitrogen and oxygen atoms in total. The zero-order valence-electron chi connectivity index (χ0n) is 16.1. The van der Waals surface area contributed by atoms with Crippen LogP contribution in [0.5, 0.6) is 5.75 Å². The molecule has 26 heavy (non-hydrogen) atoms. The van der Waals surface area contributed by atoms with E-state index in [0.717, 1.165) is 37.1 Å². The lowest BCUT2D eigenvalue weighted by atomic mass is 9.81. The minimum Gasteiger partial charge on any atom is -0.508 e. The molecule has 1 aromatic carbocycles. The second-order valence-corrected chi connectivity index (χ2v) is 6.87. The highest BCUT2D eigenvalue weighted by atomic mass is 16.5. The van der Waals surface area contributed by atoms with Crippen molar-refractivity contribution in [2.75, 3.05) is 26.2 Å². The number of nitrogens with zero attached hydrogens (tertiary/aromatic N) is 1. The maximum Gasteiger partial charge on any atom is 0.311 e. The van der Waals surface area contributed by atoms with Crippen molar-refractivity contribution in [1.29, 1.82) is 0 Å². The van der Waals surface area contributed by atoms with E-state index in [0.29, 0.717) is 12.5 Å². The summed E-state index contributed by atoms with van der Waals surface area (Å²) in [5, 5.41) is 9.85. The van der Waals surface area contributed by atoms with E-state index >= 15 is 0 Å². The summed E-state index contributed by atoms with van der Waals surface area (Å²) in [6.07, 6.45) is 6.20. The summed E-state index contributed by atoms with van der Waals surface area (Å²) < 4.78 is 5.27. The van der Waals surface area contributed by atoms with Crippen LogP contribution < -0.4 is 0 Å². The largest absolute Gasteiger partial charge is 0.508 e. The number of hydrogen-bond acceptors (Lipinski definition) is 4. The van der Waals surface area contributed by atoms with Crippen LogP contribution in [-0.4, -0.2) is 42.2 Å². The Morgan fingerprint density at radius 2 is 1.92 bits per heavy atom. The summed E-state index contributed by atoms with van der Waals surface area (Å²) in [5.41, 5.74) is 2.07. The van der Waals surface area contributed by atoms with E-state index in [1.165, 1.54) is 19.3 Å². The van der Waals surface area contributed by atoms with Crippen LogP contribution in [0.25, 0.3) is 0 Å². The van der Waals surface area contributed by atoms with Gasteiger partial charge in [0.25, 0.3) is 0 Å². The maximum absolute atomic E-state index is 12.2. The lowest BCUT2D eigenvalue weighted by Crippen LogP contribution is -2.23. The van der Waals surface area contributed by atoms with Gasteiger partial charge in [-0.3, -0.25) is 9.69 Å². The molecule has 0 unspecified atom stereocenters. The van der Waals surface area contributed by atoms with Gasteiger partial charge < -0.3 is 9.84 Å². The molecule has 0 aliphatic heterocycles. The lowest BCUT2D eigenvalue weighted by molar-refractivity contribution is -0.141. The first-order valence-corrected chi connectivity index (χ1v) is 9.79. The Morgan fingerprint density at radius 1 is 1.19 bits per heavy atom. The molecule has 0 saturated heterocycles. The molecule has 2 rings (SSSR count). The molecule has 1 aromatic rings. The van der Waals surface area contributed by atoms with Crippen LogP contribution in [0.4, 0.5) is 0 Å². The second kappa shape index (κ2) is 10.9. The van der Waals surface area contributed by atoms with Crippen molar-refractivity contribution in [2.45, 2.75) is 58.3 Å². The first kappa shape index (κ1) is 20.3. The lowest BCUT2D eigenvalue weighted by Gasteiger charge is -2.24. The van der Waals surface area contributed by atoms with Crippen LogP contribution in [0.1, 0.15) is 63.0 Å². The highest BCUT2D eigenvalue weighted by molar-refractivity contribution is 5.73. The molecule has 0 spiro atoms. The number of hydrogen-bond donors (Lipinski definition) is 1. The van der Waals surface area contributed by atoms with Crippen LogP contribution in [0.15, 0.2) is 18.2 Å². The Labute approximate surface area is 157 Å². The molecule has 142 valence electrons. The van der Waals surface area contributed by atoms with Gasteiger partial charge in [-0.05, 0) is 55.1 Å². The summed E-state index contributed by atoms with van der Waals surface area (Å²) in [6.45, 7) is 6.98. The van der Waals surface area contributed by atoms with Crippen LogP contribution in [-0.2, 0) is 16.0 Å². The monoisotopic (exact) mass is 357 g/mol. The van der Waals surface area contributed by atoms with Crippen LogP contribution in [0.3, 0.4) is 0 Å². The maximum atomic E-state index is 12.2. The van der Waals surface area contributed by atoms with Crippen molar-refractivity contribution in [2.24, 2.45) is 0 Å². The molecule has 0 radical (unpaired) electrons. The Kier molecular flexibility index (Phi) is 8.50. The van der Waals surface area contributed by atoms with E-state index in [9.17, 15) is 9.90 Å². The van der Waals surface area contributed by atoms with E-state index in [4.69, 9.17) is 4.74 Å². The number of rotatable bonds is 7. The van der Waals surface area contributed by atoms with Crippen LogP contribution in [0.2, 0.25) is 0 Å². The molecule has 1 saturated carbocycles. The Hall–Kier alpha value is -1.99. The molecule has 1 N–H and O–H groups in total. The summed E-state index contributed by atoms with van der Waals surface area (Å²) in [4.78, 5) is 14.4. The summed E-state index contributed by atoms with van der Waals surface area (Å²) in [7, 11) is 0. The molecule has 0 amide bonds. The zero-order valence-corrected chi connectivity index (χ0v) is 16.1. The molecule has 0 atom stereocenters. The summed E-state index contributed by atoms with van der Waals surface area (Å²) in [5.74, 6) is 6.40. The fourth-order valence-corrected chi connectivity index (χ4v) is 3.53. The Balaban J connectivity index is 1.89. The minimum absolute atomic E-state index is 0.136. The minimum atomic E-state index is -0.259. The average Bonchev–Trinajstić information content (AvgIpc) is 2.67. The van der Waals surface area contributed by atoms with Gasteiger partial charge in [0.2, 0.25) is 0 Å². The van der Waals surface area contributed by atoms with Gasteiger partial charge in [0.15, 0.2) is 6.61 Å². The SMILES string of the molecule is CCN(CC)CC#CCOC(=O)Cc1ccc(O)cc1C1CCCCC1. The van der Waals surface area contributed by atoms with Crippen molar-refractivity contribution in [3.63, 3.8) is 0 Å². The third-order valence-electron chi connectivity index (χ3n) is 5.14. The third kappa shape index (κ3) is 6.38. The molecule has 0 aromatic heterocycles. The van der Waals surface area contributed by atoms with Crippen LogP contribution in [0, 0.1) is 11.8 Å². The van der Waals surface area contributed by atoms with Gasteiger partial charge in [-0.2, -0.15) is 0 Å². The highest BCUT2D eigenvalue weighted by Gasteiger charge is 2.20. The fourth-order valence-electron chi connectivity index (χ4n) is 3.53. The number of ether oxygens (including phenoxy) is 1. The molecule has 1 aliphatic carbocycles. The van der Waals surface area contributed by atoms with E-state index in [1.807, 2.05) is 12.1 Å². The predicted octanol–water partition coefficient (Wildman–Crippen LogP) is 3.87. The Bertz CT molecular complexity index is 635. The molecule has 1 aliphatic rings. The van der Waals surface area contributed by atoms with Crippen molar-refractivity contribution < 1.29 is 14.6 Å². The van der Waals surface area contributed by atoms with E-state index in [1.54, 1.807) is 6.07 Å². The summed E-state index contributed by atoms with van der Waals surface area (Å²) >= 11 is 0. The van der Waals surface area contributed by atoms with Gasteiger partial charge in [0, 0.05) is 0 Å². The van der Waals surface area contributed by atoms with Crippen LogP contribution >= 0.6 is 0 Å². The van der Waals surface area contributed by atoms with Crippen molar-refractivity contribution in [3.8, 4) is 17.6 Å². The smallest absolute Gasteiger partial charge is 0.311 e. The average molecular weight is 357 g/mol. The number of phenolic OH excluding ortho intramolecular Hbond substituents is 1. The van der Waals surface area contributed by atoms with Gasteiger partial charge in [-0.25, -0.2) is 0 Å². The van der Waals surface area contributed by atoms with Gasteiger partial charge in [-0.15, -0.1) is 0 Å². The number of phenols is 1. The van der Waals surface area contributed by atoms with Gasteiger partial charge in [0.1, 0.15) is 5.75 Å². The van der Waals surface area contributed by atoms with E-state index in [-0.39, 0.29) is 24.7 Å². The van der Waals surface area contributed by atoms with Gasteiger partial charge in [-0.1, -0.05) is 51.0 Å². The first-order chi connectivity index (χ1) is 12.6. The van der Waals surface area contributed by atoms with E-state index < -0.39 is 0 Å². The normalized spacial score (nSPS) is 14.7. The molecule has 1 fully saturated rings. The molecule has 0 bridgehead atoms. The van der Waals surface area contributed by atoms with Crippen molar-refractivity contribution in [3.05, 3.63) is 29.3 Å². The van der Waals surface area contributed by atoms with Gasteiger partial charge in [0.05, 0.1) is 13.0 Å². The number of aromatic hydroxyl groups is 1.